The van der Waals surface area contributed by atoms with Gasteiger partial charge in [-0.2, -0.15) is 10.2 Å². The highest BCUT2D eigenvalue weighted by Crippen LogP contribution is 2.39. The van der Waals surface area contributed by atoms with E-state index in [4.69, 9.17) is 39.1 Å². The lowest BCUT2D eigenvalue weighted by Gasteiger charge is -2.20. The molecule has 15 aromatic rings. The molecule has 29 nitrogen and oxygen atoms in total. The van der Waals surface area contributed by atoms with E-state index in [1.807, 2.05) is 129 Å². The molecular formula is C105H117FN26O3. The van der Waals surface area contributed by atoms with Crippen LogP contribution in [0.2, 0.25) is 0 Å². The SMILES string of the molecule is CC(C)(O)CNc1cc(N)nc2cc(C3=CC=NC3)ccc12.CCCCNc1cc(N)nc2cc(-c3ccn[nH]3)c(F)cc12.CC[C@@H](O)COc1cc(N)nc2cc(C3=CC=NC3)ccc12.C[C@H]1CCC[C@H]1Nc1cc(N)nc2cc(C3=CC=NC3)ccc12.C[C@H]1CC[C@H](Nc2cc(N)nc3cc(C4=CC=NC4)ccc23)C1.Nc1cc(NCc2ccc[nH]2)c2ccc(-c3ccn[nH]3)cc2n1. The number of halogens is 1. The molecule has 0 amide bonds. The zero-order chi connectivity index (χ0) is 94.1. The van der Waals surface area contributed by atoms with Crippen LogP contribution < -0.4 is 65.7 Å². The van der Waals surface area contributed by atoms with Gasteiger partial charge in [-0.05, 0) is 212 Å². The predicted molar refractivity (Wildman–Crippen MR) is 556 cm³/mol. The van der Waals surface area contributed by atoms with Gasteiger partial charge >= 0.3 is 0 Å². The summed E-state index contributed by atoms with van der Waals surface area (Å²) in [6, 6.07) is 54.0. The lowest BCUT2D eigenvalue weighted by atomic mass is 10.0. The molecule has 0 saturated heterocycles. The van der Waals surface area contributed by atoms with Gasteiger partial charge in [0, 0.05) is 183 Å². The van der Waals surface area contributed by atoms with Gasteiger partial charge in [0.05, 0.1) is 88.9 Å². The molecule has 21 rings (SSSR count). The number of H-pyrrole nitrogens is 3. The number of hydrogen-bond acceptors (Lipinski definition) is 26. The molecule has 2 fully saturated rings. The number of fused-ring (bicyclic) bond motifs is 6. The van der Waals surface area contributed by atoms with E-state index < -0.39 is 11.7 Å². The van der Waals surface area contributed by atoms with Gasteiger partial charge in [-0.25, -0.2) is 34.3 Å². The summed E-state index contributed by atoms with van der Waals surface area (Å²) in [5.41, 5.74) is 58.3. The second kappa shape index (κ2) is 42.9. The Bertz CT molecular complexity index is 7000. The summed E-state index contributed by atoms with van der Waals surface area (Å²) in [4.78, 5) is 46.7. The maximum atomic E-state index is 14.4. The minimum Gasteiger partial charge on any atom is -0.490 e. The monoisotopic (exact) mass is 1810 g/mol. The first kappa shape index (κ1) is 92.8. The number of anilines is 11. The number of benzene rings is 6. The van der Waals surface area contributed by atoms with Gasteiger partial charge in [0.1, 0.15) is 53.1 Å². The largest absolute Gasteiger partial charge is 0.490 e. The summed E-state index contributed by atoms with van der Waals surface area (Å²) in [6.45, 7) is 17.3. The van der Waals surface area contributed by atoms with Crippen LogP contribution in [0.25, 0.3) is 110 Å². The maximum Gasteiger partial charge on any atom is 0.133 e. The highest BCUT2D eigenvalue weighted by Gasteiger charge is 2.26. The summed E-state index contributed by atoms with van der Waals surface area (Å²) >= 11 is 0. The van der Waals surface area contributed by atoms with Crippen LogP contribution in [0.15, 0.2) is 227 Å². The van der Waals surface area contributed by atoms with Crippen molar-refractivity contribution in [1.29, 1.82) is 0 Å². The van der Waals surface area contributed by atoms with Crippen LogP contribution in [0, 0.1) is 17.7 Å². The first-order valence-electron chi connectivity index (χ1n) is 46.1. The second-order valence-electron chi connectivity index (χ2n) is 35.5. The Kier molecular flexibility index (Phi) is 29.5. The molecule has 0 unspecified atom stereocenters. The number of ether oxygens (including phenoxy) is 1. The molecule has 22 N–H and O–H groups in total. The molecule has 0 bridgehead atoms. The Morgan fingerprint density at radius 1 is 0.481 bits per heavy atom. The van der Waals surface area contributed by atoms with Crippen molar-refractivity contribution < 1.29 is 19.3 Å². The van der Waals surface area contributed by atoms with Crippen molar-refractivity contribution in [2.45, 2.75) is 130 Å². The number of aromatic amines is 3. The Morgan fingerprint density at radius 2 is 0.933 bits per heavy atom. The highest BCUT2D eigenvalue weighted by atomic mass is 19.1. The minimum absolute atomic E-state index is 0.246. The van der Waals surface area contributed by atoms with E-state index in [2.05, 4.69) is 183 Å². The number of aliphatic hydroxyl groups is 2. The Hall–Kier alpha value is -15.4. The molecule has 0 radical (unpaired) electrons. The third kappa shape index (κ3) is 23.7. The number of aromatic nitrogens is 11. The van der Waals surface area contributed by atoms with Gasteiger partial charge in [-0.1, -0.05) is 95.1 Å². The highest BCUT2D eigenvalue weighted by molar-refractivity contribution is 6.02. The number of allylic oxidation sites excluding steroid dienone is 4. The zero-order valence-corrected chi connectivity index (χ0v) is 76.9. The van der Waals surface area contributed by atoms with Crippen molar-refractivity contribution in [2.24, 2.45) is 31.8 Å². The number of pyridine rings is 6. The van der Waals surface area contributed by atoms with Crippen molar-refractivity contribution in [1.82, 2.24) is 55.3 Å². The third-order valence-electron chi connectivity index (χ3n) is 24.5. The lowest BCUT2D eigenvalue weighted by Crippen LogP contribution is -2.29. The number of nitrogen functional groups attached to an aromatic ring is 6. The van der Waals surface area contributed by atoms with Gasteiger partial charge in [-0.3, -0.25) is 30.2 Å². The maximum absolute atomic E-state index is 14.4. The number of aliphatic hydroxyl groups excluding tert-OH is 1. The molecule has 5 atom stereocenters. The normalized spacial score (nSPS) is 16.5. The molecule has 6 aromatic carbocycles. The van der Waals surface area contributed by atoms with E-state index in [1.54, 1.807) is 56.6 Å². The van der Waals surface area contributed by atoms with E-state index in [0.29, 0.717) is 108 Å². The lowest BCUT2D eigenvalue weighted by molar-refractivity contribution is 0.0945. The van der Waals surface area contributed by atoms with Crippen LogP contribution in [-0.4, -0.2) is 160 Å². The number of nitrogens with zero attached hydrogens (tertiary/aromatic N) is 12. The number of nitrogens with one attached hydrogen (secondary N) is 8. The van der Waals surface area contributed by atoms with E-state index in [-0.39, 0.29) is 12.4 Å². The Morgan fingerprint density at radius 3 is 1.38 bits per heavy atom. The Balaban J connectivity index is 0.000000118. The fourth-order valence-corrected chi connectivity index (χ4v) is 17.2. The fraction of sp³-hybridized carbons (Fsp3) is 0.276. The van der Waals surface area contributed by atoms with E-state index in [9.17, 15) is 14.6 Å². The molecule has 4 aliphatic heterocycles. The quantitative estimate of drug-likeness (QED) is 0.0250. The topological polar surface area (TPSA) is 466 Å². The van der Waals surface area contributed by atoms with Crippen LogP contribution in [0.4, 0.5) is 67.7 Å². The molecule has 0 spiro atoms. The summed E-state index contributed by atoms with van der Waals surface area (Å²) in [7, 11) is 0. The molecule has 6 aliphatic rings. The molecule has 135 heavy (non-hydrogen) atoms. The van der Waals surface area contributed by atoms with Crippen molar-refractivity contribution >= 4 is 176 Å². The van der Waals surface area contributed by atoms with E-state index in [1.165, 1.54) is 72.4 Å². The van der Waals surface area contributed by atoms with Gasteiger partial charge in [0.15, 0.2) is 0 Å². The first-order chi connectivity index (χ1) is 65.5. The molecular weight excluding hydrogens is 1690 g/mol. The van der Waals surface area contributed by atoms with Crippen LogP contribution in [0.3, 0.4) is 0 Å². The van der Waals surface area contributed by atoms with Crippen LogP contribution in [-0.2, 0) is 6.54 Å². The predicted octanol–water partition coefficient (Wildman–Crippen LogP) is 19.4. The van der Waals surface area contributed by atoms with Crippen molar-refractivity contribution in [3.63, 3.8) is 0 Å². The molecule has 9 aromatic heterocycles. The molecule has 2 aliphatic carbocycles. The smallest absolute Gasteiger partial charge is 0.133 e. The van der Waals surface area contributed by atoms with Gasteiger partial charge < -0.3 is 80.9 Å². The van der Waals surface area contributed by atoms with Crippen molar-refractivity contribution in [3.05, 3.63) is 240 Å². The summed E-state index contributed by atoms with van der Waals surface area (Å²) in [5, 5.41) is 56.4. The van der Waals surface area contributed by atoms with Gasteiger partial charge in [0.2, 0.25) is 0 Å². The first-order valence-corrected chi connectivity index (χ1v) is 46.1. The molecule has 30 heteroatoms. The number of nitrogens with two attached hydrogens (primary N) is 6. The average Bonchev–Trinajstić information content (AvgIpc) is 0.910. The van der Waals surface area contributed by atoms with Crippen LogP contribution in [0.5, 0.6) is 5.75 Å². The minimum atomic E-state index is -0.795. The third-order valence-corrected chi connectivity index (χ3v) is 24.5. The van der Waals surface area contributed by atoms with E-state index in [0.717, 1.165) is 160 Å². The second-order valence-corrected chi connectivity index (χ2v) is 35.5. The Labute approximate surface area is 783 Å². The van der Waals surface area contributed by atoms with Crippen molar-refractivity contribution in [2.75, 3.05) is 107 Å². The van der Waals surface area contributed by atoms with Gasteiger partial charge in [0.25, 0.3) is 0 Å². The summed E-state index contributed by atoms with van der Waals surface area (Å²) in [6.07, 6.45) is 30.6. The number of rotatable bonds is 24. The molecule has 692 valence electrons. The standard InChI is InChI=1S/2C19H22N4.C17H16N6.C17H20N4O.C17H19N3O2.C16H18FN5/c1-12-2-4-15(8-12)22-18-10-19(20)23-17-9-13(3-5-16(17)18)14-6-7-21-11-14;1-12-3-2-4-16(12)22-18-10-19(20)23-17-9-13(5-6-15(17)18)14-7-8-21-11-14;18-17-9-15(20-10-12-2-1-6-19-12)13-4-3-11(8-16(13)22-17)14-5-7-21-23-14;1-17(2,22)10-20-14-8-16(18)21-15-7-11(3-4-13(14)15)12-5-6-19-9-12;1-2-13(21)10-22-16-8-17(18)20-15-7-11(3-4-14(15)16)12-5-6-19-9-12;1-2-3-5-19-14-9-16(18)21-15-8-10(12(17)7-11(14)15)13-4-6-20-22-13/h3,5-7,9-10,12,15H,2,4,8,11H2,1H3,(H3,20,22,23);5-10,12,16H,2-4,11H2,1H3,(H3,20,22,23);1-9,19H,10H2,(H,21,23)(H3,18,20,22);3-8,22H,9-10H2,1-2H3,(H3,18,20,21);3-8,13,21H,2,9-10H2,1H3,(H2,18,20);4,6-9H,2-3,5H2,1H3,(H,20,22)(H3,18,19,21)/t12-,15-;12-,16+;;;13-;/m00..1./s1. The van der Waals surface area contributed by atoms with Gasteiger partial charge in [-0.15, -0.1) is 0 Å². The zero-order valence-electron chi connectivity index (χ0n) is 76.9. The summed E-state index contributed by atoms with van der Waals surface area (Å²) < 4.78 is 20.1. The van der Waals surface area contributed by atoms with Crippen molar-refractivity contribution in [3.8, 4) is 28.3 Å². The van der Waals surface area contributed by atoms with Crippen LogP contribution in [0.1, 0.15) is 127 Å². The molecule has 2 saturated carbocycles. The number of hydrogen-bond donors (Lipinski definition) is 16. The molecule has 13 heterocycles. The fourth-order valence-electron chi connectivity index (χ4n) is 17.2. The summed E-state index contributed by atoms with van der Waals surface area (Å²) in [5.74, 6) is 4.75. The van der Waals surface area contributed by atoms with E-state index >= 15 is 0 Å². The average molecular weight is 1810 g/mol. The van der Waals surface area contributed by atoms with Crippen LogP contribution >= 0.6 is 0 Å². The number of unbranched alkanes of at least 4 members (excludes halogenated alkanes) is 1. The number of aliphatic imine (C=N–C) groups is 4.